The maximum absolute atomic E-state index is 4.90. The van der Waals surface area contributed by atoms with Crippen LogP contribution in [0.1, 0.15) is 0 Å². The molecule has 0 aliphatic rings. The van der Waals surface area contributed by atoms with E-state index in [1.807, 2.05) is 0 Å². The van der Waals surface area contributed by atoms with E-state index in [0.717, 1.165) is 0 Å². The van der Waals surface area contributed by atoms with E-state index in [-0.39, 0.29) is 18.9 Å². The average Bonchev–Trinajstić information content (AvgIpc) is 1.37. The Bertz CT molecular complexity index is 9.61. The Kier molecular flexibility index (Phi) is 16.1. The van der Waals surface area contributed by atoms with Crippen molar-refractivity contribution in [3.8, 4) is 0 Å². The van der Waals surface area contributed by atoms with Crippen LogP contribution in [0.2, 0.25) is 0 Å². The van der Waals surface area contributed by atoms with Gasteiger partial charge in [-0.15, -0.1) is 0 Å². The molecule has 2 nitrogen and oxygen atoms in total. The summed E-state index contributed by atoms with van der Waals surface area (Å²) < 4.78 is 0. The molecule has 0 saturated carbocycles. The summed E-state index contributed by atoms with van der Waals surface area (Å²) in [5.74, 6) is 0. The third-order valence-corrected chi connectivity index (χ3v) is 0.167. The normalized spacial score (nSPS) is 6.00. The van der Waals surface area contributed by atoms with Crippen molar-refractivity contribution in [2.24, 2.45) is 11.5 Å². The van der Waals surface area contributed by atoms with Gasteiger partial charge < -0.3 is 11.5 Å². The van der Waals surface area contributed by atoms with Gasteiger partial charge in [0.1, 0.15) is 0 Å². The average molecular weight is 68.0 g/mol. The molecule has 0 heterocycles. The van der Waals surface area contributed by atoms with Crippen LogP contribution in [0.25, 0.3) is 0 Å². The first kappa shape index (κ1) is 9.10. The zero-order chi connectivity index (χ0) is 3.41. The van der Waals surface area contributed by atoms with Crippen LogP contribution in [-0.4, -0.2) is 32.0 Å². The summed E-state index contributed by atoms with van der Waals surface area (Å²) >= 11 is 0. The van der Waals surface area contributed by atoms with E-state index < -0.39 is 0 Å². The first-order chi connectivity index (χ1) is 1.91. The van der Waals surface area contributed by atoms with E-state index in [1.54, 1.807) is 0 Å². The zero-order valence-corrected chi connectivity index (χ0v) is 2.57. The predicted molar refractivity (Wildman–Crippen MR) is 25.3 cm³/mol. The molecule has 0 spiro atoms. The fourth-order valence-electron chi connectivity index (χ4n) is 0. The van der Waals surface area contributed by atoms with Gasteiger partial charge in [0.25, 0.3) is 0 Å². The molecule has 0 aliphatic heterocycles. The van der Waals surface area contributed by atoms with Gasteiger partial charge in [-0.3, -0.25) is 0 Å². The third kappa shape index (κ3) is 12.4. The number of hydrogen-bond donors (Lipinski definition) is 2. The van der Waals surface area contributed by atoms with Crippen LogP contribution in [0.15, 0.2) is 0 Å². The van der Waals surface area contributed by atoms with Gasteiger partial charge in [-0.25, -0.2) is 0 Å². The summed E-state index contributed by atoms with van der Waals surface area (Å²) in [6, 6.07) is 0. The molecule has 0 aliphatic carbocycles. The van der Waals surface area contributed by atoms with Crippen molar-refractivity contribution in [2.75, 3.05) is 13.1 Å². The number of rotatable bonds is 1. The van der Waals surface area contributed by atoms with Crippen molar-refractivity contribution in [1.29, 1.82) is 0 Å². The molecule has 0 unspecified atom stereocenters. The molecule has 0 aromatic rings. The molecular weight excluding hydrogens is 59.0 g/mol. The summed E-state index contributed by atoms with van der Waals surface area (Å²) in [6.45, 7) is 1.19. The molecule has 0 atom stereocenters. The fourth-order valence-corrected chi connectivity index (χ4v) is 0. The van der Waals surface area contributed by atoms with Crippen molar-refractivity contribution in [3.63, 3.8) is 0 Å². The van der Waals surface area contributed by atoms with Gasteiger partial charge in [-0.05, 0) is 0 Å². The van der Waals surface area contributed by atoms with E-state index in [1.165, 1.54) is 0 Å². The van der Waals surface area contributed by atoms with Crippen molar-refractivity contribution >= 4 is 18.9 Å². The molecule has 0 rings (SSSR count). The summed E-state index contributed by atoms with van der Waals surface area (Å²) in [4.78, 5) is 0. The quantitative estimate of drug-likeness (QED) is 0.358. The van der Waals surface area contributed by atoms with Crippen LogP contribution >= 0.6 is 0 Å². The first-order valence-electron chi connectivity index (χ1n) is 1.32. The Balaban J connectivity index is 0. The standard InChI is InChI=1S/C2H8N2.Li.H/c3-1-2-4;;/h1-4H2;;. The van der Waals surface area contributed by atoms with E-state index in [2.05, 4.69) is 0 Å². The van der Waals surface area contributed by atoms with Crippen LogP contribution in [0, 0.1) is 0 Å². The second kappa shape index (κ2) is 8.82. The Morgan fingerprint density at radius 3 is 1.20 bits per heavy atom. The molecule has 0 bridgehead atoms. The van der Waals surface area contributed by atoms with Crippen LogP contribution in [0.5, 0.6) is 0 Å². The Morgan fingerprint density at radius 2 is 1.20 bits per heavy atom. The van der Waals surface area contributed by atoms with Crippen LogP contribution in [0.4, 0.5) is 0 Å². The minimum absolute atomic E-state index is 0. The van der Waals surface area contributed by atoms with E-state index in [0.29, 0.717) is 13.1 Å². The molecule has 28 valence electrons. The first-order valence-corrected chi connectivity index (χ1v) is 1.32. The third-order valence-electron chi connectivity index (χ3n) is 0.167. The summed E-state index contributed by atoms with van der Waals surface area (Å²) in [7, 11) is 0. The van der Waals surface area contributed by atoms with Gasteiger partial charge in [0, 0.05) is 13.1 Å². The minimum atomic E-state index is 0. The molecular formula is C2H9LiN2. The van der Waals surface area contributed by atoms with Crippen molar-refractivity contribution < 1.29 is 0 Å². The van der Waals surface area contributed by atoms with Gasteiger partial charge in [-0.2, -0.15) is 0 Å². The maximum atomic E-state index is 4.90. The van der Waals surface area contributed by atoms with E-state index >= 15 is 0 Å². The summed E-state index contributed by atoms with van der Waals surface area (Å²) in [5.41, 5.74) is 9.81. The molecule has 0 aromatic carbocycles. The molecule has 4 N–H and O–H groups in total. The van der Waals surface area contributed by atoms with Crippen LogP contribution in [0.3, 0.4) is 0 Å². The summed E-state index contributed by atoms with van der Waals surface area (Å²) in [6.07, 6.45) is 0. The molecule has 0 amide bonds. The Morgan fingerprint density at radius 1 is 1.00 bits per heavy atom. The van der Waals surface area contributed by atoms with Crippen molar-refractivity contribution in [1.82, 2.24) is 0 Å². The van der Waals surface area contributed by atoms with Gasteiger partial charge in [0.15, 0.2) is 0 Å². The number of nitrogens with two attached hydrogens (primary N) is 2. The van der Waals surface area contributed by atoms with E-state index in [9.17, 15) is 0 Å². The second-order valence-corrected chi connectivity index (χ2v) is 0.577. The molecule has 0 radical (unpaired) electrons. The van der Waals surface area contributed by atoms with E-state index in [4.69, 9.17) is 11.5 Å². The van der Waals surface area contributed by atoms with Crippen molar-refractivity contribution in [2.45, 2.75) is 0 Å². The van der Waals surface area contributed by atoms with Gasteiger partial charge in [-0.1, -0.05) is 0 Å². The summed E-state index contributed by atoms with van der Waals surface area (Å²) in [5, 5.41) is 0. The van der Waals surface area contributed by atoms with Gasteiger partial charge >= 0.3 is 18.9 Å². The SMILES string of the molecule is NCCN.[LiH]. The zero-order valence-electron chi connectivity index (χ0n) is 2.57. The monoisotopic (exact) mass is 68.1 g/mol. The second-order valence-electron chi connectivity index (χ2n) is 0.577. The van der Waals surface area contributed by atoms with Gasteiger partial charge in [0.2, 0.25) is 0 Å². The van der Waals surface area contributed by atoms with Crippen molar-refractivity contribution in [3.05, 3.63) is 0 Å². The molecule has 3 heteroatoms. The fraction of sp³-hybridized carbons (Fsp3) is 1.00. The Labute approximate surface area is 44.1 Å². The topological polar surface area (TPSA) is 52.0 Å². The van der Waals surface area contributed by atoms with Crippen LogP contribution < -0.4 is 11.5 Å². The molecule has 0 fully saturated rings. The molecule has 0 saturated heterocycles. The molecule has 0 aromatic heterocycles. The Hall–Kier alpha value is 0.517. The number of hydrogen-bond acceptors (Lipinski definition) is 2. The predicted octanol–water partition coefficient (Wildman–Crippen LogP) is -1.74. The van der Waals surface area contributed by atoms with Crippen LogP contribution in [-0.2, 0) is 0 Å². The molecule has 5 heavy (non-hydrogen) atoms. The van der Waals surface area contributed by atoms with Gasteiger partial charge in [0.05, 0.1) is 0 Å².